The highest BCUT2D eigenvalue weighted by Crippen LogP contribution is 2.62. The third kappa shape index (κ3) is 3.95. The van der Waals surface area contributed by atoms with Crippen LogP contribution in [-0.2, 0) is 10.8 Å². The molecule has 0 amide bonds. The summed E-state index contributed by atoms with van der Waals surface area (Å²) in [5.74, 6) is 3.19. The zero-order valence-electron chi connectivity index (χ0n) is 19.6. The van der Waals surface area contributed by atoms with Crippen molar-refractivity contribution in [2.24, 2.45) is 17.3 Å². The molecule has 1 aromatic carbocycles. The summed E-state index contributed by atoms with van der Waals surface area (Å²) < 4.78 is 13.0. The maximum Gasteiger partial charge on any atom is 0.242 e. The van der Waals surface area contributed by atoms with Crippen molar-refractivity contribution in [2.45, 2.75) is 96.8 Å². The van der Waals surface area contributed by atoms with Crippen molar-refractivity contribution in [3.63, 3.8) is 0 Å². The predicted molar refractivity (Wildman–Crippen MR) is 128 cm³/mol. The van der Waals surface area contributed by atoms with Gasteiger partial charge >= 0.3 is 0 Å². The molecule has 0 spiro atoms. The third-order valence-corrected chi connectivity index (χ3v) is 9.57. The van der Waals surface area contributed by atoms with Gasteiger partial charge in [0.2, 0.25) is 8.32 Å². The van der Waals surface area contributed by atoms with Gasteiger partial charge in [0.1, 0.15) is 5.75 Å². The fourth-order valence-electron chi connectivity index (χ4n) is 6.66. The van der Waals surface area contributed by atoms with Crippen LogP contribution in [0.25, 0.3) is 0 Å². The van der Waals surface area contributed by atoms with Crippen molar-refractivity contribution in [3.8, 4) is 5.75 Å². The highest BCUT2D eigenvalue weighted by molar-refractivity contribution is 6.70. The van der Waals surface area contributed by atoms with Crippen molar-refractivity contribution in [3.05, 3.63) is 23.3 Å². The molecule has 0 heterocycles. The Labute approximate surface area is 180 Å². The maximum absolute atomic E-state index is 6.71. The summed E-state index contributed by atoms with van der Waals surface area (Å²) in [5, 5.41) is 0. The van der Waals surface area contributed by atoms with E-state index >= 15 is 0 Å². The Hall–Kier alpha value is -0.786. The highest BCUT2D eigenvalue weighted by Gasteiger charge is 2.56. The van der Waals surface area contributed by atoms with Crippen LogP contribution in [0.2, 0.25) is 39.3 Å². The molecule has 2 fully saturated rings. The summed E-state index contributed by atoms with van der Waals surface area (Å²) in [6.45, 7) is 16.2. The Balaban J connectivity index is 1.60. The van der Waals surface area contributed by atoms with E-state index in [2.05, 4.69) is 58.3 Å². The van der Waals surface area contributed by atoms with Crippen LogP contribution in [0.3, 0.4) is 0 Å². The van der Waals surface area contributed by atoms with Gasteiger partial charge in [-0.05, 0) is 118 Å². The first-order valence-electron chi connectivity index (χ1n) is 11.7. The van der Waals surface area contributed by atoms with Gasteiger partial charge in [-0.2, -0.15) is 0 Å². The molecule has 0 aliphatic heterocycles. The van der Waals surface area contributed by atoms with Gasteiger partial charge in [-0.1, -0.05) is 13.0 Å². The Kier molecular flexibility index (Phi) is 5.27. The van der Waals surface area contributed by atoms with Gasteiger partial charge in [0, 0.05) is 0 Å². The SMILES string of the molecule is C[C@]12CC[C@@H]3c4ccc(O[Si](C)(C)C)c(N)c4CC[C@H]3[C@@H]1CC[C@@H]2O[Si](C)(C)C. The van der Waals surface area contributed by atoms with E-state index in [1.807, 2.05) is 0 Å². The molecule has 0 unspecified atom stereocenters. The van der Waals surface area contributed by atoms with Gasteiger partial charge < -0.3 is 14.6 Å². The minimum Gasteiger partial charge on any atom is -0.543 e. The van der Waals surface area contributed by atoms with Gasteiger partial charge in [0.15, 0.2) is 8.32 Å². The lowest BCUT2D eigenvalue weighted by Gasteiger charge is -2.51. The van der Waals surface area contributed by atoms with E-state index in [1.54, 1.807) is 0 Å². The molecule has 5 atom stereocenters. The molecule has 29 heavy (non-hydrogen) atoms. The summed E-state index contributed by atoms with van der Waals surface area (Å²) >= 11 is 0. The smallest absolute Gasteiger partial charge is 0.242 e. The van der Waals surface area contributed by atoms with Crippen molar-refractivity contribution < 1.29 is 8.85 Å². The van der Waals surface area contributed by atoms with E-state index in [-0.39, 0.29) is 0 Å². The molecule has 1 aromatic rings. The summed E-state index contributed by atoms with van der Waals surface area (Å²) in [6, 6.07) is 4.51. The molecule has 5 heteroatoms. The molecule has 0 bridgehead atoms. The van der Waals surface area contributed by atoms with E-state index in [9.17, 15) is 0 Å². The van der Waals surface area contributed by atoms with Crippen LogP contribution in [-0.4, -0.2) is 22.7 Å². The normalized spacial score (nSPS) is 34.3. The molecule has 0 saturated heterocycles. The van der Waals surface area contributed by atoms with Crippen LogP contribution in [0, 0.1) is 17.3 Å². The first kappa shape index (κ1) is 21.4. The number of hydrogen-bond acceptors (Lipinski definition) is 3. The number of nitrogen functional groups attached to an aromatic ring is 1. The van der Waals surface area contributed by atoms with Gasteiger partial charge in [-0.3, -0.25) is 0 Å². The van der Waals surface area contributed by atoms with Gasteiger partial charge in [0.25, 0.3) is 0 Å². The van der Waals surface area contributed by atoms with E-state index in [4.69, 9.17) is 14.6 Å². The Morgan fingerprint density at radius 3 is 2.34 bits per heavy atom. The number of nitrogens with two attached hydrogens (primary N) is 1. The minimum atomic E-state index is -1.65. The third-order valence-electron chi connectivity index (χ3n) is 7.74. The Bertz CT molecular complexity index is 782. The van der Waals surface area contributed by atoms with Crippen molar-refractivity contribution >= 4 is 22.3 Å². The van der Waals surface area contributed by atoms with E-state index < -0.39 is 16.6 Å². The fourth-order valence-corrected chi connectivity index (χ4v) is 8.74. The molecular formula is C24H41NO2Si2. The lowest BCUT2D eigenvalue weighted by Crippen LogP contribution is -2.47. The topological polar surface area (TPSA) is 44.5 Å². The minimum absolute atomic E-state index is 0.366. The van der Waals surface area contributed by atoms with Crippen LogP contribution in [0.15, 0.2) is 12.1 Å². The summed E-state index contributed by atoms with van der Waals surface area (Å²) in [5.41, 5.74) is 10.8. The summed E-state index contributed by atoms with van der Waals surface area (Å²) in [6.07, 6.45) is 8.03. The largest absolute Gasteiger partial charge is 0.543 e. The second-order valence-electron chi connectivity index (χ2n) is 12.0. The van der Waals surface area contributed by atoms with Crippen molar-refractivity contribution in [1.82, 2.24) is 0 Å². The van der Waals surface area contributed by atoms with Gasteiger partial charge in [0.05, 0.1) is 11.8 Å². The van der Waals surface area contributed by atoms with Gasteiger partial charge in [-0.15, -0.1) is 0 Å². The Morgan fingerprint density at radius 2 is 1.69 bits per heavy atom. The average molecular weight is 432 g/mol. The number of hydrogen-bond donors (Lipinski definition) is 1. The lowest BCUT2D eigenvalue weighted by atomic mass is 9.55. The first-order valence-corrected chi connectivity index (χ1v) is 18.5. The molecule has 0 aromatic heterocycles. The molecular weight excluding hydrogens is 390 g/mol. The number of benzene rings is 1. The number of fused-ring (bicyclic) bond motifs is 5. The van der Waals surface area contributed by atoms with E-state index in [1.165, 1.54) is 43.2 Å². The molecule has 4 rings (SSSR count). The van der Waals surface area contributed by atoms with Crippen LogP contribution in [0.4, 0.5) is 5.69 Å². The Morgan fingerprint density at radius 1 is 0.966 bits per heavy atom. The average Bonchev–Trinajstić information content (AvgIpc) is 2.91. The number of anilines is 1. The van der Waals surface area contributed by atoms with Gasteiger partial charge in [-0.25, -0.2) is 0 Å². The lowest BCUT2D eigenvalue weighted by molar-refractivity contribution is -0.0140. The highest BCUT2D eigenvalue weighted by atomic mass is 28.4. The van der Waals surface area contributed by atoms with Crippen LogP contribution in [0.5, 0.6) is 5.75 Å². The molecule has 3 aliphatic carbocycles. The molecule has 162 valence electrons. The van der Waals surface area contributed by atoms with Crippen LogP contribution in [0.1, 0.15) is 56.1 Å². The second kappa shape index (κ2) is 7.13. The maximum atomic E-state index is 6.71. The molecule has 3 nitrogen and oxygen atoms in total. The monoisotopic (exact) mass is 431 g/mol. The summed E-state index contributed by atoms with van der Waals surface area (Å²) in [4.78, 5) is 0. The van der Waals surface area contributed by atoms with Crippen molar-refractivity contribution in [1.29, 1.82) is 0 Å². The predicted octanol–water partition coefficient (Wildman–Crippen LogP) is 6.56. The van der Waals surface area contributed by atoms with E-state index in [0.29, 0.717) is 17.4 Å². The zero-order chi connectivity index (χ0) is 21.2. The second-order valence-corrected chi connectivity index (χ2v) is 20.9. The summed E-state index contributed by atoms with van der Waals surface area (Å²) in [7, 11) is -3.16. The van der Waals surface area contributed by atoms with Crippen LogP contribution < -0.4 is 10.2 Å². The van der Waals surface area contributed by atoms with Crippen LogP contribution >= 0.6 is 0 Å². The quantitative estimate of drug-likeness (QED) is 0.434. The first-order chi connectivity index (χ1) is 13.4. The molecule has 3 aliphatic rings. The van der Waals surface area contributed by atoms with Crippen molar-refractivity contribution in [2.75, 3.05) is 5.73 Å². The zero-order valence-corrected chi connectivity index (χ0v) is 21.6. The van der Waals surface area contributed by atoms with E-state index in [0.717, 1.165) is 29.7 Å². The number of rotatable bonds is 4. The molecule has 0 radical (unpaired) electrons. The molecule has 2 saturated carbocycles. The standard InChI is InChI=1S/C24H41NO2Si2/c1-24-15-14-17-16-10-12-21(26-28(2,3)4)23(25)19(16)9-8-18(17)20(24)11-13-22(24)27-29(5,6)7/h10,12,17-18,20,22H,8-9,11,13-15,25H2,1-7H3/t17-,18-,20+,22+,24+/m1/s1. The molecule has 2 N–H and O–H groups in total. The fraction of sp³-hybridized carbons (Fsp3) is 0.750.